The molecular formula is C16H22N2O2. The van der Waals surface area contributed by atoms with E-state index in [4.69, 9.17) is 0 Å². The summed E-state index contributed by atoms with van der Waals surface area (Å²) < 4.78 is 0. The third kappa shape index (κ3) is 2.45. The summed E-state index contributed by atoms with van der Waals surface area (Å²) in [6, 6.07) is 8.11. The zero-order valence-electron chi connectivity index (χ0n) is 11.9. The van der Waals surface area contributed by atoms with Gasteiger partial charge in [-0.2, -0.15) is 0 Å². The van der Waals surface area contributed by atoms with Crippen LogP contribution >= 0.6 is 0 Å². The second-order valence-electron chi connectivity index (χ2n) is 6.07. The van der Waals surface area contributed by atoms with Crippen molar-refractivity contribution >= 4 is 5.91 Å². The number of benzene rings is 1. The van der Waals surface area contributed by atoms with Crippen LogP contribution in [-0.2, 0) is 17.8 Å². The number of likely N-dealkylation sites (tertiary alicyclic amines) is 1. The highest BCUT2D eigenvalue weighted by Crippen LogP contribution is 2.27. The number of aliphatic hydroxyl groups is 1. The van der Waals surface area contributed by atoms with Gasteiger partial charge in [-0.1, -0.05) is 37.6 Å². The van der Waals surface area contributed by atoms with Gasteiger partial charge in [-0.15, -0.1) is 0 Å². The van der Waals surface area contributed by atoms with E-state index < -0.39 is 5.60 Å². The Morgan fingerprint density at radius 1 is 1.40 bits per heavy atom. The molecule has 0 aliphatic carbocycles. The van der Waals surface area contributed by atoms with E-state index in [1.165, 1.54) is 11.1 Å². The number of fused-ring (bicyclic) bond motifs is 1. The van der Waals surface area contributed by atoms with Gasteiger partial charge in [0, 0.05) is 6.54 Å². The van der Waals surface area contributed by atoms with Crippen LogP contribution in [0.4, 0.5) is 0 Å². The van der Waals surface area contributed by atoms with Crippen LogP contribution in [-0.4, -0.2) is 40.6 Å². The maximum Gasteiger partial charge on any atom is 0.240 e. The van der Waals surface area contributed by atoms with Crippen LogP contribution in [0.15, 0.2) is 24.3 Å². The second-order valence-corrected chi connectivity index (χ2v) is 6.07. The van der Waals surface area contributed by atoms with E-state index in [9.17, 15) is 9.90 Å². The second kappa shape index (κ2) is 5.19. The monoisotopic (exact) mass is 274 g/mol. The Morgan fingerprint density at radius 3 is 2.80 bits per heavy atom. The molecule has 1 aromatic rings. The van der Waals surface area contributed by atoms with Gasteiger partial charge in [-0.25, -0.2) is 0 Å². The van der Waals surface area contributed by atoms with Gasteiger partial charge in [-0.3, -0.25) is 4.79 Å². The van der Waals surface area contributed by atoms with Gasteiger partial charge in [0.25, 0.3) is 0 Å². The summed E-state index contributed by atoms with van der Waals surface area (Å²) in [4.78, 5) is 14.2. The average Bonchev–Trinajstić information content (AvgIpc) is 2.43. The zero-order chi connectivity index (χ0) is 14.2. The first kappa shape index (κ1) is 13.6. The summed E-state index contributed by atoms with van der Waals surface area (Å²) in [5.74, 6) is 0.125. The molecule has 1 saturated heterocycles. The molecule has 3 rings (SSSR count). The lowest BCUT2D eigenvalue weighted by molar-refractivity contribution is -0.158. The smallest absolute Gasteiger partial charge is 0.240 e. The van der Waals surface area contributed by atoms with E-state index >= 15 is 0 Å². The number of nitrogens with zero attached hydrogens (tertiary/aromatic N) is 1. The number of carbonyl (C=O) groups excluding carboxylic acids is 1. The number of nitrogens with one attached hydrogen (secondary N) is 1. The third-order valence-electron chi connectivity index (χ3n) is 4.38. The Kier molecular flexibility index (Phi) is 3.52. The Bertz CT molecular complexity index is 509. The molecule has 2 heterocycles. The number of β-amino-alcohol motifs (C(OH)–C–C–N with tert-alkyl or cyclic N) is 1. The van der Waals surface area contributed by atoms with E-state index in [-0.39, 0.29) is 11.9 Å². The summed E-state index contributed by atoms with van der Waals surface area (Å²) in [6.07, 6.45) is 2.48. The van der Waals surface area contributed by atoms with Crippen molar-refractivity contribution in [1.82, 2.24) is 10.2 Å². The summed E-state index contributed by atoms with van der Waals surface area (Å²) >= 11 is 0. The third-order valence-corrected chi connectivity index (χ3v) is 4.38. The molecule has 0 unspecified atom stereocenters. The molecule has 1 fully saturated rings. The maximum absolute atomic E-state index is 12.4. The van der Waals surface area contributed by atoms with Crippen molar-refractivity contribution in [3.05, 3.63) is 35.4 Å². The fourth-order valence-electron chi connectivity index (χ4n) is 3.29. The van der Waals surface area contributed by atoms with Crippen molar-refractivity contribution in [2.75, 3.05) is 13.1 Å². The molecule has 1 aromatic carbocycles. The predicted octanol–water partition coefficient (Wildman–Crippen LogP) is 1.07. The van der Waals surface area contributed by atoms with Crippen LogP contribution in [0.2, 0.25) is 0 Å². The first-order valence-electron chi connectivity index (χ1n) is 7.43. The number of rotatable bonds is 3. The number of hydrogen-bond donors (Lipinski definition) is 2. The fraction of sp³-hybridized carbons (Fsp3) is 0.562. The van der Waals surface area contributed by atoms with Crippen LogP contribution in [0.5, 0.6) is 0 Å². The van der Waals surface area contributed by atoms with Gasteiger partial charge in [0.1, 0.15) is 0 Å². The van der Waals surface area contributed by atoms with Crippen molar-refractivity contribution in [2.24, 2.45) is 0 Å². The van der Waals surface area contributed by atoms with E-state index in [1.54, 1.807) is 4.90 Å². The van der Waals surface area contributed by atoms with Gasteiger partial charge < -0.3 is 15.3 Å². The lowest BCUT2D eigenvalue weighted by atomic mass is 9.87. The van der Waals surface area contributed by atoms with E-state index in [1.807, 2.05) is 12.1 Å². The Balaban J connectivity index is 1.61. The van der Waals surface area contributed by atoms with Crippen LogP contribution < -0.4 is 5.32 Å². The molecule has 4 nitrogen and oxygen atoms in total. The molecule has 4 heteroatoms. The summed E-state index contributed by atoms with van der Waals surface area (Å²) in [5.41, 5.74) is 1.90. The average molecular weight is 274 g/mol. The maximum atomic E-state index is 12.4. The highest BCUT2D eigenvalue weighted by atomic mass is 16.3. The first-order valence-corrected chi connectivity index (χ1v) is 7.43. The largest absolute Gasteiger partial charge is 0.386 e. The van der Waals surface area contributed by atoms with Crippen LogP contribution in [0.25, 0.3) is 0 Å². The van der Waals surface area contributed by atoms with Crippen molar-refractivity contribution in [2.45, 2.75) is 44.4 Å². The molecule has 0 saturated carbocycles. The molecule has 1 atom stereocenters. The normalized spacial score (nSPS) is 23.9. The Morgan fingerprint density at radius 2 is 2.10 bits per heavy atom. The minimum absolute atomic E-state index is 0.125. The lowest BCUT2D eigenvalue weighted by Crippen LogP contribution is -2.66. The van der Waals surface area contributed by atoms with E-state index in [0.717, 1.165) is 25.8 Å². The molecule has 0 aromatic heterocycles. The summed E-state index contributed by atoms with van der Waals surface area (Å²) in [6.45, 7) is 3.78. The van der Waals surface area contributed by atoms with Crippen LogP contribution in [0.1, 0.15) is 30.9 Å². The quantitative estimate of drug-likeness (QED) is 0.867. The van der Waals surface area contributed by atoms with Crippen LogP contribution in [0, 0.1) is 0 Å². The molecule has 108 valence electrons. The number of carbonyl (C=O) groups is 1. The number of hydrogen-bond acceptors (Lipinski definition) is 3. The van der Waals surface area contributed by atoms with Crippen molar-refractivity contribution in [3.63, 3.8) is 0 Å². The zero-order valence-corrected chi connectivity index (χ0v) is 11.9. The van der Waals surface area contributed by atoms with Gasteiger partial charge >= 0.3 is 0 Å². The van der Waals surface area contributed by atoms with Crippen molar-refractivity contribution in [1.29, 1.82) is 0 Å². The topological polar surface area (TPSA) is 52.6 Å². The highest BCUT2D eigenvalue weighted by molar-refractivity contribution is 5.83. The molecule has 2 aliphatic heterocycles. The SMILES string of the molecule is CCCC1(O)CN(C(=O)[C@@H]2Cc3ccccc3CN2)C1. The predicted molar refractivity (Wildman–Crippen MR) is 77.2 cm³/mol. The fourth-order valence-corrected chi connectivity index (χ4v) is 3.29. The van der Waals surface area contributed by atoms with Crippen LogP contribution in [0.3, 0.4) is 0 Å². The minimum atomic E-state index is -0.642. The van der Waals surface area contributed by atoms with Gasteiger partial charge in [-0.05, 0) is 24.0 Å². The molecular weight excluding hydrogens is 252 g/mol. The van der Waals surface area contributed by atoms with E-state index in [0.29, 0.717) is 13.1 Å². The molecule has 20 heavy (non-hydrogen) atoms. The summed E-state index contributed by atoms with van der Waals surface area (Å²) in [5, 5.41) is 13.5. The number of amides is 1. The molecule has 2 aliphatic rings. The first-order chi connectivity index (χ1) is 9.61. The van der Waals surface area contributed by atoms with Gasteiger partial charge in [0.05, 0.1) is 24.7 Å². The van der Waals surface area contributed by atoms with E-state index in [2.05, 4.69) is 24.4 Å². The lowest BCUT2D eigenvalue weighted by Gasteiger charge is -2.48. The molecule has 0 bridgehead atoms. The molecule has 2 N–H and O–H groups in total. The summed E-state index contributed by atoms with van der Waals surface area (Å²) in [7, 11) is 0. The molecule has 1 amide bonds. The Hall–Kier alpha value is -1.39. The van der Waals surface area contributed by atoms with Gasteiger partial charge in [0.15, 0.2) is 0 Å². The highest BCUT2D eigenvalue weighted by Gasteiger charge is 2.44. The molecule has 0 radical (unpaired) electrons. The van der Waals surface area contributed by atoms with Gasteiger partial charge in [0.2, 0.25) is 5.91 Å². The van der Waals surface area contributed by atoms with Crippen molar-refractivity contribution < 1.29 is 9.90 Å². The van der Waals surface area contributed by atoms with Crippen molar-refractivity contribution in [3.8, 4) is 0 Å². The standard InChI is InChI=1S/C16H22N2O2/c1-2-7-16(20)10-18(11-16)15(19)14-8-12-5-3-4-6-13(12)9-17-14/h3-6,14,17,20H,2,7-11H2,1H3/t14-/m0/s1. The molecule has 0 spiro atoms. The minimum Gasteiger partial charge on any atom is -0.386 e. The Labute approximate surface area is 119 Å².